The molecule has 2 amide bonds. The van der Waals surface area contributed by atoms with Gasteiger partial charge in [-0.25, -0.2) is 4.79 Å². The molecule has 0 radical (unpaired) electrons. The Balaban J connectivity index is 2.84. The van der Waals surface area contributed by atoms with Gasteiger partial charge in [-0.05, 0) is 23.6 Å². The summed E-state index contributed by atoms with van der Waals surface area (Å²) in [6.07, 6.45) is -0.0300. The summed E-state index contributed by atoms with van der Waals surface area (Å²) in [7, 11) is 0. The molecule has 0 saturated heterocycles. The summed E-state index contributed by atoms with van der Waals surface area (Å²) in [4.78, 5) is 34.7. The number of aliphatic carboxylic acids is 1. The molecule has 126 valence electrons. The van der Waals surface area contributed by atoms with Crippen LogP contribution < -0.4 is 10.6 Å². The maximum atomic E-state index is 12.2. The van der Waals surface area contributed by atoms with Crippen LogP contribution in [0.1, 0.15) is 38.8 Å². The van der Waals surface area contributed by atoms with Gasteiger partial charge in [-0.15, -0.1) is 0 Å². The maximum absolute atomic E-state index is 12.2. The number of rotatable bonds is 7. The summed E-state index contributed by atoms with van der Waals surface area (Å²) in [5.41, 5.74) is 0.773. The molecule has 2 atom stereocenters. The highest BCUT2D eigenvalue weighted by molar-refractivity contribution is 9.10. The molecule has 1 aromatic carbocycles. The van der Waals surface area contributed by atoms with Gasteiger partial charge in [0.15, 0.2) is 0 Å². The molecule has 3 N–H and O–H groups in total. The zero-order valence-electron chi connectivity index (χ0n) is 13.3. The Hall–Kier alpha value is -1.89. The van der Waals surface area contributed by atoms with Crippen LogP contribution in [0.3, 0.4) is 0 Å². The van der Waals surface area contributed by atoms with Crippen LogP contribution >= 0.6 is 15.9 Å². The van der Waals surface area contributed by atoms with E-state index in [-0.39, 0.29) is 18.2 Å². The van der Waals surface area contributed by atoms with Crippen molar-refractivity contribution in [3.05, 3.63) is 34.3 Å². The van der Waals surface area contributed by atoms with Crippen molar-refractivity contribution in [1.29, 1.82) is 0 Å². The molecule has 0 bridgehead atoms. The zero-order chi connectivity index (χ0) is 17.6. The predicted octanol–water partition coefficient (Wildman–Crippen LogP) is 2.24. The molecule has 6 nitrogen and oxygen atoms in total. The normalized spacial score (nSPS) is 13.3. The maximum Gasteiger partial charge on any atom is 0.326 e. The Morgan fingerprint density at radius 1 is 1.13 bits per heavy atom. The first-order chi connectivity index (χ1) is 10.7. The summed E-state index contributed by atoms with van der Waals surface area (Å²) < 4.78 is 0.887. The minimum Gasteiger partial charge on any atom is -0.480 e. The number of carboxylic acids is 1. The Kier molecular flexibility index (Phi) is 7.22. The lowest BCUT2D eigenvalue weighted by atomic mass is 10.0. The summed E-state index contributed by atoms with van der Waals surface area (Å²) >= 11 is 3.33. The molecule has 23 heavy (non-hydrogen) atoms. The number of hydrogen-bond acceptors (Lipinski definition) is 3. The highest BCUT2D eigenvalue weighted by Crippen LogP contribution is 2.20. The number of carboxylic acid groups (broad SMARTS) is 1. The molecule has 0 spiro atoms. The SMILES string of the molecule is CC(=O)NC(CC(=O)NC(C(=O)O)C(C)C)c1ccc(Br)cc1. The van der Waals surface area contributed by atoms with Crippen LogP contribution in [0.2, 0.25) is 0 Å². The lowest BCUT2D eigenvalue weighted by molar-refractivity contribution is -0.143. The van der Waals surface area contributed by atoms with Gasteiger partial charge in [0, 0.05) is 11.4 Å². The lowest BCUT2D eigenvalue weighted by Crippen LogP contribution is -2.45. The summed E-state index contributed by atoms with van der Waals surface area (Å²) in [6, 6.07) is 5.77. The van der Waals surface area contributed by atoms with Gasteiger partial charge in [-0.2, -0.15) is 0 Å². The Morgan fingerprint density at radius 2 is 1.70 bits per heavy atom. The smallest absolute Gasteiger partial charge is 0.326 e. The molecule has 0 aromatic heterocycles. The van der Waals surface area contributed by atoms with Crippen LogP contribution in [-0.4, -0.2) is 28.9 Å². The molecule has 0 heterocycles. The van der Waals surface area contributed by atoms with Crippen molar-refractivity contribution >= 4 is 33.7 Å². The third-order valence-electron chi connectivity index (χ3n) is 3.29. The molecule has 0 aliphatic carbocycles. The van der Waals surface area contributed by atoms with E-state index < -0.39 is 24.0 Å². The summed E-state index contributed by atoms with van der Waals surface area (Å²) in [5.74, 6) is -1.99. The first-order valence-electron chi connectivity index (χ1n) is 7.25. The number of amides is 2. The minimum absolute atomic E-state index is 0.0300. The van der Waals surface area contributed by atoms with Gasteiger partial charge in [0.1, 0.15) is 6.04 Å². The predicted molar refractivity (Wildman–Crippen MR) is 89.7 cm³/mol. The highest BCUT2D eigenvalue weighted by Gasteiger charge is 2.25. The Bertz CT molecular complexity index is 572. The third kappa shape index (κ3) is 6.40. The van der Waals surface area contributed by atoms with Crippen molar-refractivity contribution in [3.8, 4) is 0 Å². The minimum atomic E-state index is -1.08. The van der Waals surface area contributed by atoms with E-state index in [1.807, 2.05) is 12.1 Å². The average Bonchev–Trinajstić information content (AvgIpc) is 2.43. The molecule has 0 aliphatic heterocycles. The van der Waals surface area contributed by atoms with Crippen LogP contribution in [0.4, 0.5) is 0 Å². The van der Waals surface area contributed by atoms with Crippen molar-refractivity contribution in [3.63, 3.8) is 0 Å². The van der Waals surface area contributed by atoms with Gasteiger partial charge in [-0.3, -0.25) is 9.59 Å². The first kappa shape index (κ1) is 19.2. The van der Waals surface area contributed by atoms with Gasteiger partial charge in [0.25, 0.3) is 0 Å². The zero-order valence-corrected chi connectivity index (χ0v) is 14.9. The van der Waals surface area contributed by atoms with E-state index in [1.54, 1.807) is 26.0 Å². The van der Waals surface area contributed by atoms with E-state index in [1.165, 1.54) is 6.92 Å². The summed E-state index contributed by atoms with van der Waals surface area (Å²) in [5, 5.41) is 14.3. The van der Waals surface area contributed by atoms with Gasteiger partial charge in [0.2, 0.25) is 11.8 Å². The van der Waals surface area contributed by atoms with Gasteiger partial charge >= 0.3 is 5.97 Å². The van der Waals surface area contributed by atoms with Crippen molar-refractivity contribution in [2.24, 2.45) is 5.92 Å². The second kappa shape index (κ2) is 8.67. The first-order valence-corrected chi connectivity index (χ1v) is 8.04. The molecular formula is C16H21BrN2O4. The number of carbonyl (C=O) groups is 3. The van der Waals surface area contributed by atoms with Crippen molar-refractivity contribution in [2.45, 2.75) is 39.3 Å². The molecule has 0 saturated carbocycles. The van der Waals surface area contributed by atoms with Crippen molar-refractivity contribution in [1.82, 2.24) is 10.6 Å². The fourth-order valence-electron chi connectivity index (χ4n) is 2.12. The second-order valence-corrected chi connectivity index (χ2v) is 6.55. The van der Waals surface area contributed by atoms with E-state index in [0.717, 1.165) is 10.0 Å². The van der Waals surface area contributed by atoms with E-state index in [0.29, 0.717) is 0 Å². The number of benzene rings is 1. The van der Waals surface area contributed by atoms with E-state index >= 15 is 0 Å². The number of halogens is 1. The van der Waals surface area contributed by atoms with E-state index in [2.05, 4.69) is 26.6 Å². The molecule has 2 unspecified atom stereocenters. The average molecular weight is 385 g/mol. The van der Waals surface area contributed by atoms with Crippen LogP contribution in [0.5, 0.6) is 0 Å². The Labute approximate surface area is 143 Å². The summed E-state index contributed by atoms with van der Waals surface area (Å²) in [6.45, 7) is 4.82. The highest BCUT2D eigenvalue weighted by atomic mass is 79.9. The molecule has 7 heteroatoms. The number of nitrogens with one attached hydrogen (secondary N) is 2. The fourth-order valence-corrected chi connectivity index (χ4v) is 2.39. The number of hydrogen-bond donors (Lipinski definition) is 3. The molecule has 1 aromatic rings. The van der Waals surface area contributed by atoms with Crippen molar-refractivity contribution < 1.29 is 19.5 Å². The van der Waals surface area contributed by atoms with Gasteiger partial charge < -0.3 is 15.7 Å². The van der Waals surface area contributed by atoms with Crippen LogP contribution in [0.25, 0.3) is 0 Å². The second-order valence-electron chi connectivity index (χ2n) is 5.64. The molecule has 0 fully saturated rings. The van der Waals surface area contributed by atoms with Gasteiger partial charge in [-0.1, -0.05) is 41.9 Å². The molecule has 1 rings (SSSR count). The topological polar surface area (TPSA) is 95.5 Å². The van der Waals surface area contributed by atoms with Gasteiger partial charge in [0.05, 0.1) is 12.5 Å². The van der Waals surface area contributed by atoms with Crippen LogP contribution in [0, 0.1) is 5.92 Å². The monoisotopic (exact) mass is 384 g/mol. The largest absolute Gasteiger partial charge is 0.480 e. The van der Waals surface area contributed by atoms with E-state index in [4.69, 9.17) is 5.11 Å². The Morgan fingerprint density at radius 3 is 2.13 bits per heavy atom. The van der Waals surface area contributed by atoms with Crippen molar-refractivity contribution in [2.75, 3.05) is 0 Å². The lowest BCUT2D eigenvalue weighted by Gasteiger charge is -2.21. The number of carbonyl (C=O) groups excluding carboxylic acids is 2. The van der Waals surface area contributed by atoms with Crippen LogP contribution in [0.15, 0.2) is 28.7 Å². The van der Waals surface area contributed by atoms with Crippen LogP contribution in [-0.2, 0) is 14.4 Å². The third-order valence-corrected chi connectivity index (χ3v) is 3.82. The standard InChI is InChI=1S/C16H21BrN2O4/c1-9(2)15(16(22)23)19-14(21)8-13(18-10(3)20)11-4-6-12(17)7-5-11/h4-7,9,13,15H,8H2,1-3H3,(H,18,20)(H,19,21)(H,22,23). The van der Waals surface area contributed by atoms with E-state index in [9.17, 15) is 14.4 Å². The molecular weight excluding hydrogens is 364 g/mol. The molecule has 0 aliphatic rings. The fraction of sp³-hybridized carbons (Fsp3) is 0.438. The quantitative estimate of drug-likeness (QED) is 0.671.